The van der Waals surface area contributed by atoms with Crippen molar-refractivity contribution in [3.05, 3.63) is 47.1 Å². The summed E-state index contributed by atoms with van der Waals surface area (Å²) >= 11 is 0. The standard InChI is InChI=1S/C30H39N7O3/c1-29(9-10-29)28(39)34-14-11-30(40,12-15-34)20-36-21-31-26-25(27(36)38)18-32-37(26)23-7-5-22(6-8-23)35-17-16-33-13-3-2-4-24(33)19-35/h5-8,18,21,24,40H,2-4,9-17,19-20H2,1H3. The molecular formula is C30H39N7O3. The number of piperidine rings is 2. The number of benzene rings is 1. The molecule has 4 aliphatic rings. The van der Waals surface area contributed by atoms with E-state index in [9.17, 15) is 14.7 Å². The Morgan fingerprint density at radius 1 is 1.00 bits per heavy atom. The first-order valence-corrected chi connectivity index (χ1v) is 14.9. The van der Waals surface area contributed by atoms with E-state index in [2.05, 4.69) is 32.0 Å². The molecule has 10 nitrogen and oxygen atoms in total. The van der Waals surface area contributed by atoms with Crippen molar-refractivity contribution in [1.29, 1.82) is 0 Å². The lowest BCUT2D eigenvalue weighted by atomic mass is 9.90. The second-order valence-electron chi connectivity index (χ2n) is 12.7. The van der Waals surface area contributed by atoms with Crippen molar-refractivity contribution in [2.75, 3.05) is 44.2 Å². The zero-order chi connectivity index (χ0) is 27.5. The van der Waals surface area contributed by atoms with Crippen LogP contribution in [0.25, 0.3) is 16.7 Å². The molecule has 1 saturated carbocycles. The first-order valence-electron chi connectivity index (χ1n) is 14.9. The molecule has 1 atom stereocenters. The summed E-state index contributed by atoms with van der Waals surface area (Å²) in [6.07, 6.45) is 9.80. The Morgan fingerprint density at radius 3 is 2.50 bits per heavy atom. The van der Waals surface area contributed by atoms with Crippen molar-refractivity contribution in [1.82, 2.24) is 29.1 Å². The summed E-state index contributed by atoms with van der Waals surface area (Å²) in [5.74, 6) is 0.196. The maximum atomic E-state index is 13.4. The third-order valence-corrected chi connectivity index (χ3v) is 9.81. The Labute approximate surface area is 234 Å². The smallest absolute Gasteiger partial charge is 0.264 e. The third-order valence-electron chi connectivity index (χ3n) is 9.81. The highest BCUT2D eigenvalue weighted by Gasteiger charge is 2.48. The van der Waals surface area contributed by atoms with Gasteiger partial charge in [0, 0.05) is 49.9 Å². The summed E-state index contributed by atoms with van der Waals surface area (Å²) in [5, 5.41) is 16.2. The number of carbonyl (C=O) groups excluding carboxylic acids is 1. The topological polar surface area (TPSA) is 99.7 Å². The van der Waals surface area contributed by atoms with Crippen LogP contribution >= 0.6 is 0 Å². The number of aromatic nitrogens is 4. The summed E-state index contributed by atoms with van der Waals surface area (Å²) in [4.78, 5) is 37.6. The van der Waals surface area contributed by atoms with Crippen LogP contribution in [0.2, 0.25) is 0 Å². The molecule has 2 aromatic heterocycles. The van der Waals surface area contributed by atoms with E-state index in [0.717, 1.165) is 38.2 Å². The molecule has 3 saturated heterocycles. The molecule has 40 heavy (non-hydrogen) atoms. The van der Waals surface area contributed by atoms with Gasteiger partial charge in [0.25, 0.3) is 5.56 Å². The van der Waals surface area contributed by atoms with Gasteiger partial charge >= 0.3 is 0 Å². The highest BCUT2D eigenvalue weighted by atomic mass is 16.3. The van der Waals surface area contributed by atoms with Gasteiger partial charge < -0.3 is 14.9 Å². The number of aliphatic hydroxyl groups is 1. The average molecular weight is 546 g/mol. The Hall–Kier alpha value is -3.24. The maximum Gasteiger partial charge on any atom is 0.264 e. The number of amides is 1. The minimum atomic E-state index is -1.05. The van der Waals surface area contributed by atoms with Crippen molar-refractivity contribution < 1.29 is 9.90 Å². The third kappa shape index (κ3) is 4.60. The van der Waals surface area contributed by atoms with E-state index >= 15 is 0 Å². The summed E-state index contributed by atoms with van der Waals surface area (Å²) in [6.45, 7) is 7.67. The number of fused-ring (bicyclic) bond motifs is 2. The number of anilines is 1. The Kier molecular flexibility index (Phi) is 6.23. The van der Waals surface area contributed by atoms with Gasteiger partial charge in [0.2, 0.25) is 5.91 Å². The largest absolute Gasteiger partial charge is 0.388 e. The van der Waals surface area contributed by atoms with Gasteiger partial charge in [-0.25, -0.2) is 9.67 Å². The van der Waals surface area contributed by atoms with E-state index in [1.165, 1.54) is 42.4 Å². The summed E-state index contributed by atoms with van der Waals surface area (Å²) in [7, 11) is 0. The van der Waals surface area contributed by atoms with E-state index in [-0.39, 0.29) is 23.4 Å². The summed E-state index contributed by atoms with van der Waals surface area (Å²) in [6, 6.07) is 9.02. The minimum Gasteiger partial charge on any atom is -0.388 e. The monoisotopic (exact) mass is 545 g/mol. The molecular weight excluding hydrogens is 506 g/mol. The van der Waals surface area contributed by atoms with Gasteiger partial charge in [-0.3, -0.25) is 19.1 Å². The average Bonchev–Trinajstić information content (AvgIpc) is 3.58. The van der Waals surface area contributed by atoms with Crippen molar-refractivity contribution in [3.8, 4) is 5.69 Å². The molecule has 5 heterocycles. The van der Waals surface area contributed by atoms with Crippen LogP contribution < -0.4 is 10.5 Å². The molecule has 3 aromatic rings. The van der Waals surface area contributed by atoms with Crippen LogP contribution in [-0.2, 0) is 11.3 Å². The molecule has 212 valence electrons. The van der Waals surface area contributed by atoms with Gasteiger partial charge in [0.15, 0.2) is 5.65 Å². The highest BCUT2D eigenvalue weighted by Crippen LogP contribution is 2.47. The van der Waals surface area contributed by atoms with Crippen molar-refractivity contribution in [2.45, 2.75) is 70.1 Å². The number of carbonyl (C=O) groups is 1. The molecule has 1 N–H and O–H groups in total. The molecule has 3 aliphatic heterocycles. The number of hydrogen-bond donors (Lipinski definition) is 1. The Morgan fingerprint density at radius 2 is 1.75 bits per heavy atom. The lowest BCUT2D eigenvalue weighted by Crippen LogP contribution is -2.54. The van der Waals surface area contributed by atoms with E-state index in [1.54, 1.807) is 10.9 Å². The number of hydrogen-bond acceptors (Lipinski definition) is 7. The maximum absolute atomic E-state index is 13.4. The number of nitrogens with zero attached hydrogens (tertiary/aromatic N) is 7. The summed E-state index contributed by atoms with van der Waals surface area (Å²) in [5.41, 5.74) is 1.13. The first kappa shape index (κ1) is 25.7. The van der Waals surface area contributed by atoms with Crippen LogP contribution in [0, 0.1) is 5.41 Å². The lowest BCUT2D eigenvalue weighted by molar-refractivity contribution is -0.141. The van der Waals surface area contributed by atoms with Crippen molar-refractivity contribution >= 4 is 22.6 Å². The predicted molar refractivity (Wildman–Crippen MR) is 153 cm³/mol. The quantitative estimate of drug-likeness (QED) is 0.526. The second kappa shape index (κ2) is 9.69. The molecule has 0 radical (unpaired) electrons. The fraction of sp³-hybridized carbons (Fsp3) is 0.600. The first-order chi connectivity index (χ1) is 19.3. The zero-order valence-corrected chi connectivity index (χ0v) is 23.3. The van der Waals surface area contributed by atoms with Gasteiger partial charge in [-0.1, -0.05) is 13.3 Å². The van der Waals surface area contributed by atoms with Gasteiger partial charge in [-0.2, -0.15) is 5.10 Å². The van der Waals surface area contributed by atoms with E-state index in [1.807, 2.05) is 24.0 Å². The van der Waals surface area contributed by atoms with Crippen molar-refractivity contribution in [3.63, 3.8) is 0 Å². The normalized spacial score (nSPS) is 24.2. The molecule has 4 fully saturated rings. The minimum absolute atomic E-state index is 0.155. The van der Waals surface area contributed by atoms with E-state index in [4.69, 9.17) is 0 Å². The van der Waals surface area contributed by atoms with Crippen molar-refractivity contribution in [2.24, 2.45) is 5.41 Å². The Bertz CT molecular complexity index is 1470. The predicted octanol–water partition coefficient (Wildman–Crippen LogP) is 2.41. The number of likely N-dealkylation sites (tertiary alicyclic amines) is 1. The van der Waals surface area contributed by atoms with Crippen LogP contribution in [0.15, 0.2) is 41.6 Å². The van der Waals surface area contributed by atoms with Gasteiger partial charge in [-0.05, 0) is 69.3 Å². The molecule has 1 unspecified atom stereocenters. The molecule has 0 spiro atoms. The molecule has 7 rings (SSSR count). The summed E-state index contributed by atoms with van der Waals surface area (Å²) < 4.78 is 3.20. The van der Waals surface area contributed by atoms with Crippen LogP contribution in [0.3, 0.4) is 0 Å². The van der Waals surface area contributed by atoms with Gasteiger partial charge in [0.1, 0.15) is 11.7 Å². The number of piperazine rings is 1. The SMILES string of the molecule is CC1(C(=O)N2CCC(O)(Cn3cnc4c(cnn4-c4ccc(N5CCN6CCCCC6C5)cc4)c3=O)CC2)CC1. The van der Waals surface area contributed by atoms with Crippen LogP contribution in [0.5, 0.6) is 0 Å². The molecule has 1 aromatic carbocycles. The zero-order valence-electron chi connectivity index (χ0n) is 23.3. The van der Waals surface area contributed by atoms with Gasteiger partial charge in [-0.15, -0.1) is 0 Å². The Balaban J connectivity index is 1.05. The highest BCUT2D eigenvalue weighted by molar-refractivity contribution is 5.85. The van der Waals surface area contributed by atoms with E-state index < -0.39 is 5.60 Å². The van der Waals surface area contributed by atoms with E-state index in [0.29, 0.717) is 43.0 Å². The molecule has 1 amide bonds. The lowest BCUT2D eigenvalue weighted by Gasteiger charge is -2.45. The molecule has 10 heteroatoms. The van der Waals surface area contributed by atoms with Crippen LogP contribution in [0.4, 0.5) is 5.69 Å². The number of rotatable bonds is 5. The molecule has 0 bridgehead atoms. The fourth-order valence-corrected chi connectivity index (χ4v) is 6.83. The van der Waals surface area contributed by atoms with Crippen LogP contribution in [0.1, 0.15) is 51.9 Å². The molecule has 1 aliphatic carbocycles. The fourth-order valence-electron chi connectivity index (χ4n) is 6.83. The van der Waals surface area contributed by atoms with Gasteiger partial charge in [0.05, 0.1) is 24.0 Å². The van der Waals surface area contributed by atoms with Crippen LogP contribution in [-0.4, -0.2) is 91.1 Å². The second-order valence-corrected chi connectivity index (χ2v) is 12.7.